The Morgan fingerprint density at radius 3 is 3.00 bits per heavy atom. The maximum absolute atomic E-state index is 11.9. The van der Waals surface area contributed by atoms with Crippen molar-refractivity contribution in [3.63, 3.8) is 0 Å². The summed E-state index contributed by atoms with van der Waals surface area (Å²) in [6.07, 6.45) is 7.88. The highest BCUT2D eigenvalue weighted by molar-refractivity contribution is 7.15. The molecule has 1 aromatic heterocycles. The van der Waals surface area contributed by atoms with Crippen molar-refractivity contribution >= 4 is 22.4 Å². The molecule has 1 amide bonds. The van der Waals surface area contributed by atoms with Crippen LogP contribution in [0.4, 0.5) is 5.13 Å². The predicted octanol–water partition coefficient (Wildman–Crippen LogP) is 3.22. The van der Waals surface area contributed by atoms with Crippen LogP contribution >= 0.6 is 11.3 Å². The van der Waals surface area contributed by atoms with E-state index in [1.807, 2.05) is 6.92 Å². The first-order chi connectivity index (χ1) is 8.20. The number of aromatic nitrogens is 1. The van der Waals surface area contributed by atoms with Gasteiger partial charge in [-0.3, -0.25) is 4.79 Å². The molecule has 0 saturated heterocycles. The lowest BCUT2D eigenvalue weighted by molar-refractivity contribution is -0.117. The van der Waals surface area contributed by atoms with Crippen LogP contribution in [0.3, 0.4) is 0 Å². The summed E-state index contributed by atoms with van der Waals surface area (Å²) in [4.78, 5) is 17.2. The first-order valence-electron chi connectivity index (χ1n) is 6.43. The van der Waals surface area contributed by atoms with Crippen LogP contribution in [0.1, 0.15) is 37.0 Å². The van der Waals surface area contributed by atoms with Crippen LogP contribution in [0.5, 0.6) is 0 Å². The van der Waals surface area contributed by atoms with Crippen molar-refractivity contribution < 1.29 is 4.79 Å². The number of carbonyl (C=O) groups excluding carboxylic acids is 1. The summed E-state index contributed by atoms with van der Waals surface area (Å²) >= 11 is 1.55. The molecule has 2 saturated carbocycles. The van der Waals surface area contributed by atoms with Gasteiger partial charge in [-0.2, -0.15) is 0 Å². The number of fused-ring (bicyclic) bond motifs is 2. The minimum atomic E-state index is 0.150. The molecular weight excluding hydrogens is 232 g/mol. The van der Waals surface area contributed by atoms with Gasteiger partial charge in [0, 0.05) is 17.5 Å². The monoisotopic (exact) mass is 250 g/mol. The van der Waals surface area contributed by atoms with Crippen molar-refractivity contribution in [2.45, 2.75) is 39.0 Å². The normalized spacial score (nSPS) is 30.8. The minimum Gasteiger partial charge on any atom is -0.302 e. The third-order valence-corrected chi connectivity index (χ3v) is 5.03. The molecule has 0 unspecified atom stereocenters. The average Bonchev–Trinajstić information content (AvgIpc) is 2.95. The number of carbonyl (C=O) groups is 1. The summed E-state index contributed by atoms with van der Waals surface area (Å²) in [5.41, 5.74) is 0. The highest BCUT2D eigenvalue weighted by Gasteiger charge is 2.40. The standard InChI is InChI=1S/C13H18N2OS/c1-8-7-14-13(17-8)15-12(16)6-11-5-9-2-3-10(11)4-9/h7,9-11H,2-6H2,1H3,(H,14,15,16)/t9-,10-,11+/m1/s1. The lowest BCUT2D eigenvalue weighted by Gasteiger charge is -2.20. The van der Waals surface area contributed by atoms with Gasteiger partial charge in [-0.15, -0.1) is 11.3 Å². The Bertz CT molecular complexity index is 429. The average molecular weight is 250 g/mol. The number of hydrogen-bond acceptors (Lipinski definition) is 3. The van der Waals surface area contributed by atoms with Gasteiger partial charge in [0.2, 0.25) is 5.91 Å². The third-order valence-electron chi connectivity index (χ3n) is 4.20. The molecule has 92 valence electrons. The number of nitrogens with zero attached hydrogens (tertiary/aromatic N) is 1. The fourth-order valence-electron chi connectivity index (χ4n) is 3.45. The number of anilines is 1. The van der Waals surface area contributed by atoms with Crippen molar-refractivity contribution in [1.82, 2.24) is 4.98 Å². The van der Waals surface area contributed by atoms with E-state index in [1.54, 1.807) is 17.5 Å². The van der Waals surface area contributed by atoms with Gasteiger partial charge < -0.3 is 5.32 Å². The van der Waals surface area contributed by atoms with Crippen LogP contribution in [0.25, 0.3) is 0 Å². The van der Waals surface area contributed by atoms with Crippen molar-refractivity contribution in [2.24, 2.45) is 17.8 Å². The molecule has 2 fully saturated rings. The molecule has 0 aliphatic heterocycles. The molecule has 0 spiro atoms. The lowest BCUT2D eigenvalue weighted by Crippen LogP contribution is -2.20. The second-order valence-electron chi connectivity index (χ2n) is 5.46. The summed E-state index contributed by atoms with van der Waals surface area (Å²) in [6.45, 7) is 2.00. The summed E-state index contributed by atoms with van der Waals surface area (Å²) < 4.78 is 0. The van der Waals surface area contributed by atoms with Crippen LogP contribution < -0.4 is 5.32 Å². The molecule has 3 nitrogen and oxygen atoms in total. The van der Waals surface area contributed by atoms with Crippen LogP contribution in [-0.4, -0.2) is 10.9 Å². The third kappa shape index (κ3) is 2.37. The molecule has 4 heteroatoms. The summed E-state index contributed by atoms with van der Waals surface area (Å²) in [5, 5.41) is 3.66. The predicted molar refractivity (Wildman–Crippen MR) is 69.0 cm³/mol. The molecule has 2 aliphatic carbocycles. The van der Waals surface area contributed by atoms with E-state index in [-0.39, 0.29) is 5.91 Å². The Hall–Kier alpha value is -0.900. The van der Waals surface area contributed by atoms with E-state index >= 15 is 0 Å². The van der Waals surface area contributed by atoms with Gasteiger partial charge in [0.25, 0.3) is 0 Å². The van der Waals surface area contributed by atoms with Crippen molar-refractivity contribution in [2.75, 3.05) is 5.32 Å². The van der Waals surface area contributed by atoms with Crippen LogP contribution in [0.2, 0.25) is 0 Å². The summed E-state index contributed by atoms with van der Waals surface area (Å²) in [6, 6.07) is 0. The molecule has 1 N–H and O–H groups in total. The summed E-state index contributed by atoms with van der Waals surface area (Å²) in [7, 11) is 0. The van der Waals surface area contributed by atoms with Crippen LogP contribution in [0.15, 0.2) is 6.20 Å². The quantitative estimate of drug-likeness (QED) is 0.895. The topological polar surface area (TPSA) is 42.0 Å². The maximum atomic E-state index is 11.9. The van der Waals surface area contributed by atoms with Gasteiger partial charge in [-0.05, 0) is 43.9 Å². The molecule has 3 atom stereocenters. The number of amides is 1. The second kappa shape index (κ2) is 4.41. The van der Waals surface area contributed by atoms with E-state index in [0.29, 0.717) is 12.3 Å². The number of rotatable bonds is 3. The number of nitrogens with one attached hydrogen (secondary N) is 1. The van der Waals surface area contributed by atoms with Crippen molar-refractivity contribution in [1.29, 1.82) is 0 Å². The second-order valence-corrected chi connectivity index (χ2v) is 6.70. The highest BCUT2D eigenvalue weighted by Crippen LogP contribution is 2.49. The van der Waals surface area contributed by atoms with Crippen LogP contribution in [0, 0.1) is 24.7 Å². The zero-order valence-corrected chi connectivity index (χ0v) is 10.9. The van der Waals surface area contributed by atoms with Crippen molar-refractivity contribution in [3.05, 3.63) is 11.1 Å². The number of aryl methyl sites for hydroxylation is 1. The van der Waals surface area contributed by atoms with Gasteiger partial charge in [0.1, 0.15) is 0 Å². The first-order valence-corrected chi connectivity index (χ1v) is 7.24. The van der Waals surface area contributed by atoms with Gasteiger partial charge in [0.15, 0.2) is 5.13 Å². The fraction of sp³-hybridized carbons (Fsp3) is 0.692. The number of hydrogen-bond donors (Lipinski definition) is 1. The Balaban J connectivity index is 1.54. The minimum absolute atomic E-state index is 0.150. The highest BCUT2D eigenvalue weighted by atomic mass is 32.1. The Kier molecular flexibility index (Phi) is 2.90. The molecule has 1 heterocycles. The largest absolute Gasteiger partial charge is 0.302 e. The van der Waals surface area contributed by atoms with Gasteiger partial charge in [0.05, 0.1) is 0 Å². The molecule has 17 heavy (non-hydrogen) atoms. The molecular formula is C13H18N2OS. The summed E-state index contributed by atoms with van der Waals surface area (Å²) in [5.74, 6) is 2.52. The van der Waals surface area contributed by atoms with Gasteiger partial charge in [-0.1, -0.05) is 6.42 Å². The van der Waals surface area contributed by atoms with E-state index in [9.17, 15) is 4.79 Å². The van der Waals surface area contributed by atoms with Gasteiger partial charge in [-0.25, -0.2) is 4.98 Å². The van der Waals surface area contributed by atoms with E-state index < -0.39 is 0 Å². The smallest absolute Gasteiger partial charge is 0.226 e. The molecule has 3 rings (SSSR count). The molecule has 2 aliphatic rings. The Labute approximate surface area is 106 Å². The zero-order valence-electron chi connectivity index (χ0n) is 10.1. The Morgan fingerprint density at radius 2 is 2.41 bits per heavy atom. The molecule has 2 bridgehead atoms. The van der Waals surface area contributed by atoms with E-state index in [2.05, 4.69) is 10.3 Å². The van der Waals surface area contributed by atoms with Crippen molar-refractivity contribution in [3.8, 4) is 0 Å². The first kappa shape index (κ1) is 11.2. The number of thiazole rings is 1. The Morgan fingerprint density at radius 1 is 1.53 bits per heavy atom. The van der Waals surface area contributed by atoms with E-state index in [4.69, 9.17) is 0 Å². The SMILES string of the molecule is Cc1cnc(NC(=O)C[C@@H]2C[C@@H]3CC[C@@H]2C3)s1. The molecule has 0 aromatic carbocycles. The molecule has 1 aromatic rings. The van der Waals surface area contributed by atoms with Gasteiger partial charge >= 0.3 is 0 Å². The fourth-order valence-corrected chi connectivity index (χ4v) is 4.13. The van der Waals surface area contributed by atoms with E-state index in [1.165, 1.54) is 25.7 Å². The maximum Gasteiger partial charge on any atom is 0.226 e. The lowest BCUT2D eigenvalue weighted by atomic mass is 9.86. The van der Waals surface area contributed by atoms with E-state index in [0.717, 1.165) is 21.8 Å². The zero-order chi connectivity index (χ0) is 11.8. The van der Waals surface area contributed by atoms with Crippen LogP contribution in [-0.2, 0) is 4.79 Å². The molecule has 0 radical (unpaired) electrons.